The summed E-state index contributed by atoms with van der Waals surface area (Å²) in [5, 5.41) is 10.6. The third-order valence-electron chi connectivity index (χ3n) is 5.43. The smallest absolute Gasteiger partial charge is 0.193 e. The molecule has 0 bridgehead atoms. The van der Waals surface area contributed by atoms with Gasteiger partial charge in [0.2, 0.25) is 0 Å². The van der Waals surface area contributed by atoms with Gasteiger partial charge in [-0.25, -0.2) is 0 Å². The van der Waals surface area contributed by atoms with Gasteiger partial charge in [0.15, 0.2) is 5.78 Å². The number of fused-ring (bicyclic) bond motifs is 1. The van der Waals surface area contributed by atoms with Gasteiger partial charge in [-0.3, -0.25) is 9.69 Å². The van der Waals surface area contributed by atoms with E-state index in [9.17, 15) is 9.90 Å². The minimum atomic E-state index is -0.0278. The first-order valence-electron chi connectivity index (χ1n) is 9.30. The number of benzene rings is 2. The lowest BCUT2D eigenvalue weighted by Crippen LogP contribution is -2.47. The molecule has 1 saturated heterocycles. The number of carbonyl (C=O) groups is 1. The Morgan fingerprint density at radius 2 is 1.66 bits per heavy atom. The van der Waals surface area contributed by atoms with Crippen LogP contribution >= 0.6 is 24.8 Å². The molecule has 0 amide bonds. The largest absolute Gasteiger partial charge is 0.511 e. The molecule has 4 rings (SSSR count). The Kier molecular flexibility index (Phi) is 7.96. The van der Waals surface area contributed by atoms with E-state index < -0.39 is 0 Å². The van der Waals surface area contributed by atoms with E-state index >= 15 is 0 Å². The normalized spacial score (nSPS) is 17.8. The maximum atomic E-state index is 12.5. The van der Waals surface area contributed by atoms with Gasteiger partial charge in [0.1, 0.15) is 11.5 Å². The number of carbonyl (C=O) groups excluding carboxylic acids is 1. The molecule has 1 heterocycles. The van der Waals surface area contributed by atoms with Crippen LogP contribution in [0, 0.1) is 0 Å². The minimum Gasteiger partial charge on any atom is -0.511 e. The predicted molar refractivity (Wildman–Crippen MR) is 120 cm³/mol. The lowest BCUT2D eigenvalue weighted by molar-refractivity contribution is 0.103. The molecule has 0 spiro atoms. The molecule has 5 nitrogen and oxygen atoms in total. The Balaban J connectivity index is 0.00000150. The number of piperazine rings is 1. The predicted octanol–water partition coefficient (Wildman–Crippen LogP) is 3.91. The number of rotatable bonds is 4. The average Bonchev–Trinajstić information content (AvgIpc) is 3.06. The molecule has 1 aliphatic heterocycles. The van der Waals surface area contributed by atoms with E-state index in [1.807, 2.05) is 36.4 Å². The molecule has 0 unspecified atom stereocenters. The van der Waals surface area contributed by atoms with Crippen LogP contribution in [0.1, 0.15) is 15.9 Å². The number of aliphatic hydroxyl groups excluding tert-OH is 1. The van der Waals surface area contributed by atoms with Crippen LogP contribution in [0.25, 0.3) is 0 Å². The van der Waals surface area contributed by atoms with Gasteiger partial charge >= 0.3 is 0 Å². The van der Waals surface area contributed by atoms with Crippen molar-refractivity contribution in [2.75, 3.05) is 44.7 Å². The Morgan fingerprint density at radius 1 is 1.00 bits per heavy atom. The van der Waals surface area contributed by atoms with E-state index in [0.29, 0.717) is 18.5 Å². The molecule has 2 aromatic rings. The molecule has 2 aromatic carbocycles. The van der Waals surface area contributed by atoms with Crippen molar-refractivity contribution >= 4 is 36.3 Å². The molecule has 1 aliphatic carbocycles. The number of allylic oxidation sites excluding steroid dienone is 1. The fraction of sp³-hybridized carbons (Fsp3) is 0.318. The third-order valence-corrected chi connectivity index (χ3v) is 5.43. The van der Waals surface area contributed by atoms with Gasteiger partial charge in [-0.15, -0.1) is 24.8 Å². The van der Waals surface area contributed by atoms with E-state index in [1.165, 1.54) is 5.69 Å². The SMILES string of the molecule is COc1ccc(N2CCN(CC(O)=C3Cc4ccccc4C3=O)CC2)cc1.Cl.Cl. The first-order chi connectivity index (χ1) is 13.2. The van der Waals surface area contributed by atoms with Gasteiger partial charge in [0.05, 0.1) is 13.7 Å². The zero-order valence-corrected chi connectivity index (χ0v) is 18.0. The molecule has 2 aliphatic rings. The monoisotopic (exact) mass is 436 g/mol. The van der Waals surface area contributed by atoms with Crippen molar-refractivity contribution in [3.63, 3.8) is 0 Å². The number of nitrogens with zero attached hydrogens (tertiary/aromatic N) is 2. The van der Waals surface area contributed by atoms with Gasteiger partial charge in [0.25, 0.3) is 0 Å². The number of ether oxygens (including phenoxy) is 1. The number of hydrogen-bond acceptors (Lipinski definition) is 5. The zero-order valence-electron chi connectivity index (χ0n) is 16.3. The quantitative estimate of drug-likeness (QED) is 0.581. The summed E-state index contributed by atoms with van der Waals surface area (Å²) in [6.07, 6.45) is 0.534. The van der Waals surface area contributed by atoms with E-state index in [4.69, 9.17) is 4.74 Å². The highest BCUT2D eigenvalue weighted by atomic mass is 35.5. The summed E-state index contributed by atoms with van der Waals surface area (Å²) in [6.45, 7) is 3.92. The first-order valence-corrected chi connectivity index (χ1v) is 9.30. The van der Waals surface area contributed by atoms with E-state index in [1.54, 1.807) is 7.11 Å². The summed E-state index contributed by atoms with van der Waals surface area (Å²) in [6, 6.07) is 15.7. The highest BCUT2D eigenvalue weighted by molar-refractivity contribution is 6.13. The summed E-state index contributed by atoms with van der Waals surface area (Å²) in [5.41, 5.74) is 3.46. The molecule has 156 valence electrons. The van der Waals surface area contributed by atoms with E-state index in [-0.39, 0.29) is 36.4 Å². The van der Waals surface area contributed by atoms with Crippen molar-refractivity contribution < 1.29 is 14.6 Å². The Hall–Kier alpha value is -2.21. The van der Waals surface area contributed by atoms with Crippen LogP contribution in [0.5, 0.6) is 5.75 Å². The molecule has 7 heteroatoms. The molecule has 29 heavy (non-hydrogen) atoms. The number of aliphatic hydroxyl groups is 1. The Labute approximate surface area is 183 Å². The lowest BCUT2D eigenvalue weighted by Gasteiger charge is -2.36. The van der Waals surface area contributed by atoms with Crippen LogP contribution in [0.3, 0.4) is 0 Å². The van der Waals surface area contributed by atoms with Crippen LogP contribution in [0.4, 0.5) is 5.69 Å². The zero-order chi connectivity index (χ0) is 18.8. The molecule has 1 fully saturated rings. The number of hydrogen-bond donors (Lipinski definition) is 1. The van der Waals surface area contributed by atoms with Crippen molar-refractivity contribution in [3.05, 3.63) is 71.0 Å². The van der Waals surface area contributed by atoms with Crippen molar-refractivity contribution in [3.8, 4) is 5.75 Å². The highest BCUT2D eigenvalue weighted by Crippen LogP contribution is 2.28. The number of anilines is 1. The van der Waals surface area contributed by atoms with Crippen molar-refractivity contribution in [2.45, 2.75) is 6.42 Å². The van der Waals surface area contributed by atoms with Gasteiger partial charge in [-0.05, 0) is 29.8 Å². The van der Waals surface area contributed by atoms with Gasteiger partial charge in [-0.2, -0.15) is 0 Å². The number of Topliss-reactive ketones (excluding diaryl/α,β-unsaturated/α-hetero) is 1. The summed E-state index contributed by atoms with van der Waals surface area (Å²) in [5.74, 6) is 1.05. The maximum Gasteiger partial charge on any atom is 0.193 e. The third kappa shape index (κ3) is 4.86. The first kappa shape index (κ1) is 23.1. The van der Waals surface area contributed by atoms with Crippen LogP contribution in [0.2, 0.25) is 0 Å². The minimum absolute atomic E-state index is 0. The highest BCUT2D eigenvalue weighted by Gasteiger charge is 2.28. The average molecular weight is 437 g/mol. The molecule has 0 radical (unpaired) electrons. The van der Waals surface area contributed by atoms with Gasteiger partial charge < -0.3 is 14.7 Å². The molecule has 0 saturated carbocycles. The molecule has 0 aromatic heterocycles. The molecular formula is C22H26Cl2N2O3. The fourth-order valence-electron chi connectivity index (χ4n) is 3.83. The molecule has 1 N–H and O–H groups in total. The van der Waals surface area contributed by atoms with Gasteiger partial charge in [0, 0.05) is 49.4 Å². The van der Waals surface area contributed by atoms with E-state index in [0.717, 1.165) is 43.1 Å². The van der Waals surface area contributed by atoms with Crippen molar-refractivity contribution in [1.82, 2.24) is 4.90 Å². The van der Waals surface area contributed by atoms with Gasteiger partial charge in [-0.1, -0.05) is 24.3 Å². The molecular weight excluding hydrogens is 411 g/mol. The molecule has 0 atom stereocenters. The van der Waals surface area contributed by atoms with Crippen LogP contribution < -0.4 is 9.64 Å². The Bertz CT molecular complexity index is 876. The number of halogens is 2. The van der Waals surface area contributed by atoms with Crippen molar-refractivity contribution in [2.24, 2.45) is 0 Å². The van der Waals surface area contributed by atoms with Crippen molar-refractivity contribution in [1.29, 1.82) is 0 Å². The topological polar surface area (TPSA) is 53.0 Å². The van der Waals surface area contributed by atoms with Crippen LogP contribution in [-0.2, 0) is 6.42 Å². The second kappa shape index (κ2) is 10.0. The maximum absolute atomic E-state index is 12.5. The Morgan fingerprint density at radius 3 is 2.28 bits per heavy atom. The van der Waals surface area contributed by atoms with Crippen LogP contribution in [-0.4, -0.2) is 55.6 Å². The summed E-state index contributed by atoms with van der Waals surface area (Å²) < 4.78 is 5.21. The summed E-state index contributed by atoms with van der Waals surface area (Å²) in [4.78, 5) is 17.1. The number of methoxy groups -OCH3 is 1. The fourth-order valence-corrected chi connectivity index (χ4v) is 3.83. The standard InChI is InChI=1S/C22H24N2O3.2ClH/c1-27-18-8-6-17(7-9-18)24-12-10-23(11-13-24)15-21(25)20-14-16-4-2-3-5-19(16)22(20)26;;/h2-9,25H,10-15H2,1H3;2*1H. The summed E-state index contributed by atoms with van der Waals surface area (Å²) >= 11 is 0. The second-order valence-corrected chi connectivity index (χ2v) is 7.05. The van der Waals surface area contributed by atoms with E-state index in [2.05, 4.69) is 21.9 Å². The summed E-state index contributed by atoms with van der Waals surface area (Å²) in [7, 11) is 1.67. The second-order valence-electron chi connectivity index (χ2n) is 7.05. The number of ketones is 1. The lowest BCUT2D eigenvalue weighted by atomic mass is 10.1. The van der Waals surface area contributed by atoms with Crippen LogP contribution in [0.15, 0.2) is 59.9 Å².